The van der Waals surface area contributed by atoms with Gasteiger partial charge in [-0.15, -0.1) is 6.58 Å². The summed E-state index contributed by atoms with van der Waals surface area (Å²) in [6.07, 6.45) is 3.03. The number of hydrogen-bond acceptors (Lipinski definition) is 7. The van der Waals surface area contributed by atoms with Crippen LogP contribution in [0, 0.1) is 0 Å². The number of hydrazine groups is 1. The standard InChI is InChI=1S/C33H34N6O4.C6H5ClO2S/c1-2-17-37-22-30(41)38-28(18-23-11-13-27(40)14-12-23)32(42)36(20-26-10-6-9-25-15-16-34-31(25)26)21-29(38)39(37)33(43)35-19-24-7-4-3-5-8-24;7-5-1-3-6(4-2-5)10(8)9/h2-16,28-29,34,40H,1,17-22H2,(H,35,43);1-4H,(H,8,9)/p-1/t28-,29-;/m0./s1. The normalized spacial score (nSPS) is 17.9. The Balaban J connectivity index is 0.000000417. The number of nitrogens with zero attached hydrogens (tertiary/aromatic N) is 4. The van der Waals surface area contributed by atoms with Crippen molar-refractivity contribution in [2.45, 2.75) is 36.6 Å². The largest absolute Gasteiger partial charge is 0.768 e. The molecule has 274 valence electrons. The third-order valence-electron chi connectivity index (χ3n) is 9.07. The van der Waals surface area contributed by atoms with Crippen LogP contribution >= 0.6 is 11.6 Å². The Bertz CT molecular complexity index is 2100. The predicted octanol–water partition coefficient (Wildman–Crippen LogP) is 5.19. The van der Waals surface area contributed by atoms with Crippen molar-refractivity contribution >= 4 is 51.4 Å². The van der Waals surface area contributed by atoms with E-state index >= 15 is 0 Å². The number of aromatic nitrogens is 1. The topological polar surface area (TPSA) is 152 Å². The Labute approximate surface area is 314 Å². The van der Waals surface area contributed by atoms with Crippen LogP contribution in [0.1, 0.15) is 16.7 Å². The van der Waals surface area contributed by atoms with Gasteiger partial charge < -0.3 is 29.8 Å². The van der Waals surface area contributed by atoms with E-state index in [-0.39, 0.29) is 54.5 Å². The number of carbonyl (C=O) groups excluding carboxylic acids is 3. The summed E-state index contributed by atoms with van der Waals surface area (Å²) in [7, 11) is 0. The molecule has 53 heavy (non-hydrogen) atoms. The molecule has 0 saturated carbocycles. The smallest absolute Gasteiger partial charge is 0.334 e. The summed E-state index contributed by atoms with van der Waals surface area (Å²) in [5, 5.41) is 17.7. The highest BCUT2D eigenvalue weighted by molar-refractivity contribution is 7.79. The molecule has 3 heterocycles. The van der Waals surface area contributed by atoms with Gasteiger partial charge in [-0.05, 0) is 75.6 Å². The van der Waals surface area contributed by atoms with E-state index in [4.69, 9.17) is 11.6 Å². The first kappa shape index (κ1) is 37.3. The molecule has 0 spiro atoms. The quantitative estimate of drug-likeness (QED) is 0.139. The van der Waals surface area contributed by atoms with E-state index in [0.717, 1.165) is 27.6 Å². The van der Waals surface area contributed by atoms with Crippen molar-refractivity contribution in [1.29, 1.82) is 0 Å². The number of nitrogens with one attached hydrogen (secondary N) is 2. The van der Waals surface area contributed by atoms with E-state index in [2.05, 4.69) is 16.9 Å². The fourth-order valence-electron chi connectivity index (χ4n) is 6.59. The van der Waals surface area contributed by atoms with Crippen molar-refractivity contribution < 1.29 is 28.3 Å². The molecular weight excluding hydrogens is 716 g/mol. The van der Waals surface area contributed by atoms with Gasteiger partial charge in [-0.1, -0.05) is 78.3 Å². The molecule has 2 saturated heterocycles. The number of phenols is 1. The molecule has 1 unspecified atom stereocenters. The van der Waals surface area contributed by atoms with E-state index in [1.165, 1.54) is 24.3 Å². The monoisotopic (exact) mass is 753 g/mol. The number of para-hydroxylation sites is 1. The van der Waals surface area contributed by atoms with E-state index in [1.807, 2.05) is 60.8 Å². The van der Waals surface area contributed by atoms with Crippen LogP contribution in [0.2, 0.25) is 5.02 Å². The minimum atomic E-state index is -2.15. The minimum absolute atomic E-state index is 0.0670. The summed E-state index contributed by atoms with van der Waals surface area (Å²) in [4.78, 5) is 48.7. The summed E-state index contributed by atoms with van der Waals surface area (Å²) < 4.78 is 20.5. The summed E-state index contributed by atoms with van der Waals surface area (Å²) in [5.74, 6) is -0.307. The van der Waals surface area contributed by atoms with Crippen LogP contribution in [0.3, 0.4) is 0 Å². The molecule has 12 nitrogen and oxygen atoms in total. The molecule has 7 rings (SSSR count). The van der Waals surface area contributed by atoms with Gasteiger partial charge in [-0.2, -0.15) is 0 Å². The lowest BCUT2D eigenvalue weighted by Gasteiger charge is -2.55. The molecule has 2 aliphatic heterocycles. The second-order valence-corrected chi connectivity index (χ2v) is 13.9. The molecule has 3 N–H and O–H groups in total. The fraction of sp³-hybridized carbons (Fsp3) is 0.205. The van der Waals surface area contributed by atoms with Crippen molar-refractivity contribution in [3.05, 3.63) is 144 Å². The molecular formula is C39H38ClN6O6S-. The number of aromatic amines is 1. The zero-order chi connectivity index (χ0) is 37.5. The van der Waals surface area contributed by atoms with E-state index in [9.17, 15) is 28.3 Å². The summed E-state index contributed by atoms with van der Waals surface area (Å²) in [5.41, 5.74) is 3.63. The van der Waals surface area contributed by atoms with Gasteiger partial charge in [0.15, 0.2) is 0 Å². The molecule has 1 aromatic heterocycles. The average Bonchev–Trinajstić information content (AvgIpc) is 3.64. The van der Waals surface area contributed by atoms with Crippen LogP contribution in [0.5, 0.6) is 5.75 Å². The second kappa shape index (κ2) is 16.9. The maximum Gasteiger partial charge on any atom is 0.334 e. The van der Waals surface area contributed by atoms with Gasteiger partial charge in [-0.3, -0.25) is 13.8 Å². The Morgan fingerprint density at radius 2 is 1.72 bits per heavy atom. The lowest BCUT2D eigenvalue weighted by Crippen LogP contribution is -2.76. The molecule has 5 aromatic rings. The first-order valence-electron chi connectivity index (χ1n) is 16.9. The van der Waals surface area contributed by atoms with Crippen molar-refractivity contribution in [2.75, 3.05) is 19.6 Å². The van der Waals surface area contributed by atoms with Crippen molar-refractivity contribution in [3.63, 3.8) is 0 Å². The number of fused-ring (bicyclic) bond motifs is 2. The number of benzene rings is 4. The Hall–Kier alpha value is -5.47. The number of phenolic OH excluding ortho intramolecular Hbond substituents is 1. The molecule has 14 heteroatoms. The van der Waals surface area contributed by atoms with Crippen molar-refractivity contribution in [1.82, 2.24) is 30.1 Å². The fourth-order valence-corrected chi connectivity index (χ4v) is 7.07. The summed E-state index contributed by atoms with van der Waals surface area (Å²) in [6, 6.07) is 28.9. The number of urea groups is 1. The number of amides is 4. The number of H-pyrrole nitrogens is 1. The number of hydrogen-bond donors (Lipinski definition) is 3. The highest BCUT2D eigenvalue weighted by Gasteiger charge is 2.51. The Kier molecular flexibility index (Phi) is 11.9. The third-order valence-corrected chi connectivity index (χ3v) is 9.98. The SMILES string of the molecule is C=CCN1CC(=O)N2[C@@H](Cc3ccc(O)cc3)C(=O)N(Cc3cccc4cc[nH]c34)C[C@@H]2N1C(=O)NCc1ccccc1.O=S([O-])c1ccc(Cl)cc1. The Morgan fingerprint density at radius 3 is 2.42 bits per heavy atom. The third kappa shape index (κ3) is 8.78. The van der Waals surface area contributed by atoms with Gasteiger partial charge in [0.1, 0.15) is 18.0 Å². The average molecular weight is 754 g/mol. The lowest BCUT2D eigenvalue weighted by molar-refractivity contribution is -0.189. The van der Waals surface area contributed by atoms with Crippen LogP contribution < -0.4 is 5.32 Å². The number of piperazine rings is 1. The molecule has 0 bridgehead atoms. The van der Waals surface area contributed by atoms with Gasteiger partial charge in [-0.25, -0.2) is 14.8 Å². The van der Waals surface area contributed by atoms with Crippen LogP contribution in [-0.4, -0.2) is 88.4 Å². The second-order valence-electron chi connectivity index (χ2n) is 12.6. The molecule has 0 radical (unpaired) electrons. The maximum absolute atomic E-state index is 14.2. The number of carbonyl (C=O) groups is 3. The predicted molar refractivity (Wildman–Crippen MR) is 201 cm³/mol. The highest BCUT2D eigenvalue weighted by atomic mass is 35.5. The van der Waals surface area contributed by atoms with Gasteiger partial charge >= 0.3 is 6.03 Å². The van der Waals surface area contributed by atoms with Crippen LogP contribution in [0.25, 0.3) is 10.9 Å². The van der Waals surface area contributed by atoms with Gasteiger partial charge in [0, 0.05) is 42.2 Å². The van der Waals surface area contributed by atoms with E-state index in [1.54, 1.807) is 50.2 Å². The molecule has 3 atom stereocenters. The summed E-state index contributed by atoms with van der Waals surface area (Å²) >= 11 is 3.37. The Morgan fingerprint density at radius 1 is 0.981 bits per heavy atom. The molecule has 4 amide bonds. The molecule has 2 aliphatic rings. The van der Waals surface area contributed by atoms with Gasteiger partial charge in [0.2, 0.25) is 11.8 Å². The van der Waals surface area contributed by atoms with E-state index in [0.29, 0.717) is 18.1 Å². The number of rotatable bonds is 9. The van der Waals surface area contributed by atoms with Gasteiger partial charge in [0.25, 0.3) is 0 Å². The van der Waals surface area contributed by atoms with Crippen molar-refractivity contribution in [2.24, 2.45) is 0 Å². The summed E-state index contributed by atoms with van der Waals surface area (Å²) in [6.45, 7) is 4.82. The van der Waals surface area contributed by atoms with Crippen LogP contribution in [0.15, 0.2) is 127 Å². The highest BCUT2D eigenvalue weighted by Crippen LogP contribution is 2.30. The minimum Gasteiger partial charge on any atom is -0.768 e. The molecule has 4 aromatic carbocycles. The number of halogens is 1. The van der Waals surface area contributed by atoms with Crippen molar-refractivity contribution in [3.8, 4) is 5.75 Å². The molecule has 0 aliphatic carbocycles. The zero-order valence-electron chi connectivity index (χ0n) is 28.6. The zero-order valence-corrected chi connectivity index (χ0v) is 30.2. The van der Waals surface area contributed by atoms with Crippen LogP contribution in [-0.2, 0) is 40.2 Å². The number of aromatic hydroxyl groups is 1. The van der Waals surface area contributed by atoms with Crippen LogP contribution in [0.4, 0.5) is 4.79 Å². The lowest BCUT2D eigenvalue weighted by atomic mass is 9.98. The first-order valence-corrected chi connectivity index (χ1v) is 18.3. The van der Waals surface area contributed by atoms with Gasteiger partial charge in [0.05, 0.1) is 18.6 Å². The first-order chi connectivity index (χ1) is 25.6. The van der Waals surface area contributed by atoms with E-state index < -0.39 is 23.3 Å². The molecule has 2 fully saturated rings. The maximum atomic E-state index is 14.2.